The summed E-state index contributed by atoms with van der Waals surface area (Å²) in [5.41, 5.74) is 1.97. The molecule has 3 N–H and O–H groups in total. The zero-order valence-electron chi connectivity index (χ0n) is 21.5. The smallest absolute Gasteiger partial charge is 0.265 e. The second kappa shape index (κ2) is 9.10. The van der Waals surface area contributed by atoms with Crippen LogP contribution in [0.25, 0.3) is 38.3 Å². The minimum Gasteiger partial charge on any atom is -0.452 e. The van der Waals surface area contributed by atoms with Crippen LogP contribution in [-0.4, -0.2) is 20.9 Å². The third kappa shape index (κ3) is 3.51. The van der Waals surface area contributed by atoms with Gasteiger partial charge in [0.25, 0.3) is 5.79 Å². The van der Waals surface area contributed by atoms with Crippen LogP contribution in [0.1, 0.15) is 21.5 Å². The molecule has 6 aromatic rings. The van der Waals surface area contributed by atoms with Crippen LogP contribution >= 0.6 is 0 Å². The molecule has 0 spiro atoms. The molecule has 1 unspecified atom stereocenters. The number of Topliss-reactive ketones (excluding diaryl/α,β-unsaturated/α-hetero) is 1. The molecule has 0 fully saturated rings. The molecule has 0 radical (unpaired) electrons. The quantitative estimate of drug-likeness (QED) is 0.134. The summed E-state index contributed by atoms with van der Waals surface area (Å²) in [6.45, 7) is 0. The molecule has 194 valence electrons. The van der Waals surface area contributed by atoms with E-state index in [1.165, 1.54) is 6.20 Å². The number of carbonyl (C=O) groups excluding carboxylic acids is 1. The largest absolute Gasteiger partial charge is 0.452 e. The van der Waals surface area contributed by atoms with Gasteiger partial charge in [0, 0.05) is 50.9 Å². The SMILES string of the molecule is N#CC1=C(c2c[nH]c3ccccc23)OC(O)(c2cccc3ccccc23)/C1=C(\C#N)C(=O)c1c[nH]c2ccccc12. The number of H-pyrrole nitrogens is 2. The lowest BCUT2D eigenvalue weighted by Crippen LogP contribution is -2.30. The first-order valence-electron chi connectivity index (χ1n) is 12.9. The molecule has 7 nitrogen and oxygen atoms in total. The van der Waals surface area contributed by atoms with E-state index in [0.717, 1.165) is 21.8 Å². The number of benzene rings is 4. The zero-order chi connectivity index (χ0) is 28.1. The molecule has 41 heavy (non-hydrogen) atoms. The minimum absolute atomic E-state index is 0.0786. The Kier molecular flexibility index (Phi) is 5.36. The van der Waals surface area contributed by atoms with Crippen molar-refractivity contribution in [3.05, 3.63) is 137 Å². The maximum atomic E-state index is 14.1. The summed E-state index contributed by atoms with van der Waals surface area (Å²) in [5.74, 6) is -2.86. The number of ketones is 1. The number of ether oxygens (including phenoxy) is 1. The van der Waals surface area contributed by atoms with Crippen molar-refractivity contribution in [3.63, 3.8) is 0 Å². The number of aliphatic hydroxyl groups is 1. The Morgan fingerprint density at radius 2 is 1.41 bits per heavy atom. The van der Waals surface area contributed by atoms with Crippen LogP contribution in [0.4, 0.5) is 0 Å². The van der Waals surface area contributed by atoms with Crippen molar-refractivity contribution >= 4 is 44.1 Å². The third-order valence-corrected chi connectivity index (χ3v) is 7.59. The fraction of sp³-hybridized carbons (Fsp3) is 0.0294. The van der Waals surface area contributed by atoms with Crippen molar-refractivity contribution in [2.45, 2.75) is 5.79 Å². The summed E-state index contributed by atoms with van der Waals surface area (Å²) in [4.78, 5) is 20.3. The second-order valence-electron chi connectivity index (χ2n) is 9.78. The Labute approximate surface area is 233 Å². The van der Waals surface area contributed by atoms with Crippen molar-refractivity contribution in [2.75, 3.05) is 0 Å². The van der Waals surface area contributed by atoms with Gasteiger partial charge in [-0.2, -0.15) is 10.5 Å². The van der Waals surface area contributed by atoms with E-state index >= 15 is 0 Å². The standard InChI is InChI=1S/C34H20N4O3/c35-16-24(32(39)26-18-37-29-14-5-3-11-22(26)29)31-25(17-36)33(27-19-38-30-15-6-4-12-23(27)30)41-34(31,40)28-13-7-9-20-8-1-2-10-21(20)28/h1-15,18-19,37-38,40H/b31-24+. The number of nitriles is 2. The summed E-state index contributed by atoms with van der Waals surface area (Å²) >= 11 is 0. The lowest BCUT2D eigenvalue weighted by atomic mass is 9.85. The van der Waals surface area contributed by atoms with E-state index in [1.54, 1.807) is 30.5 Å². The van der Waals surface area contributed by atoms with E-state index in [9.17, 15) is 20.4 Å². The molecule has 1 aliphatic rings. The Bertz CT molecular complexity index is 2200. The molecule has 7 heteroatoms. The molecule has 0 aliphatic carbocycles. The van der Waals surface area contributed by atoms with E-state index in [4.69, 9.17) is 4.74 Å². The number of carbonyl (C=O) groups is 1. The van der Waals surface area contributed by atoms with E-state index in [1.807, 2.05) is 72.8 Å². The Hall–Kier alpha value is -5.89. The van der Waals surface area contributed by atoms with E-state index in [0.29, 0.717) is 21.9 Å². The molecular formula is C34H20N4O3. The molecule has 0 bridgehead atoms. The molecule has 0 saturated heterocycles. The normalized spacial score (nSPS) is 17.9. The highest BCUT2D eigenvalue weighted by Crippen LogP contribution is 2.51. The summed E-state index contributed by atoms with van der Waals surface area (Å²) in [6, 6.07) is 31.7. The van der Waals surface area contributed by atoms with Crippen LogP contribution in [0.5, 0.6) is 0 Å². The maximum Gasteiger partial charge on any atom is 0.265 e. The predicted octanol–water partition coefficient (Wildman–Crippen LogP) is 6.62. The lowest BCUT2D eigenvalue weighted by Gasteiger charge is -2.27. The number of nitrogens with zero attached hydrogens (tertiary/aromatic N) is 2. The summed E-state index contributed by atoms with van der Waals surface area (Å²) < 4.78 is 6.37. The minimum atomic E-state index is -2.31. The van der Waals surface area contributed by atoms with Gasteiger partial charge in [0.15, 0.2) is 5.76 Å². The van der Waals surface area contributed by atoms with Crippen LogP contribution in [0, 0.1) is 22.7 Å². The summed E-state index contributed by atoms with van der Waals surface area (Å²) in [7, 11) is 0. The van der Waals surface area contributed by atoms with Gasteiger partial charge >= 0.3 is 0 Å². The molecule has 3 heterocycles. The van der Waals surface area contributed by atoms with Crippen molar-refractivity contribution < 1.29 is 14.6 Å². The van der Waals surface area contributed by atoms with Gasteiger partial charge in [-0.05, 0) is 22.9 Å². The van der Waals surface area contributed by atoms with Gasteiger partial charge in [-0.15, -0.1) is 0 Å². The van der Waals surface area contributed by atoms with Crippen molar-refractivity contribution in [2.24, 2.45) is 0 Å². The van der Waals surface area contributed by atoms with Crippen molar-refractivity contribution in [1.29, 1.82) is 10.5 Å². The van der Waals surface area contributed by atoms with Crippen LogP contribution in [-0.2, 0) is 10.5 Å². The Morgan fingerprint density at radius 3 is 2.17 bits per heavy atom. The fourth-order valence-corrected chi connectivity index (χ4v) is 5.71. The molecule has 4 aromatic carbocycles. The first kappa shape index (κ1) is 24.2. The number of allylic oxidation sites excluding steroid dienone is 1. The second-order valence-corrected chi connectivity index (χ2v) is 9.78. The molecule has 1 aliphatic heterocycles. The molecule has 0 saturated carbocycles. The van der Waals surface area contributed by atoms with Gasteiger partial charge in [-0.25, -0.2) is 0 Å². The van der Waals surface area contributed by atoms with Crippen molar-refractivity contribution in [1.82, 2.24) is 9.97 Å². The average Bonchev–Trinajstić information content (AvgIpc) is 3.71. The number of hydrogen-bond donors (Lipinski definition) is 3. The van der Waals surface area contributed by atoms with Crippen LogP contribution in [0.3, 0.4) is 0 Å². The molecular weight excluding hydrogens is 512 g/mol. The number of fused-ring (bicyclic) bond motifs is 3. The zero-order valence-corrected chi connectivity index (χ0v) is 21.5. The van der Waals surface area contributed by atoms with E-state index in [-0.39, 0.29) is 28.0 Å². The topological polar surface area (TPSA) is 126 Å². The van der Waals surface area contributed by atoms with Gasteiger partial charge in [-0.1, -0.05) is 78.9 Å². The highest BCUT2D eigenvalue weighted by Gasteiger charge is 2.50. The number of para-hydroxylation sites is 2. The van der Waals surface area contributed by atoms with Gasteiger partial charge < -0.3 is 19.8 Å². The number of aromatic amines is 2. The number of nitrogens with one attached hydrogen (secondary N) is 2. The molecule has 1 atom stereocenters. The molecule has 7 rings (SSSR count). The number of rotatable bonds is 4. The van der Waals surface area contributed by atoms with Crippen molar-refractivity contribution in [3.8, 4) is 12.1 Å². The summed E-state index contributed by atoms with van der Waals surface area (Å²) in [5, 5.41) is 36.4. The highest BCUT2D eigenvalue weighted by atomic mass is 16.6. The number of hydrogen-bond acceptors (Lipinski definition) is 5. The molecule has 2 aromatic heterocycles. The van der Waals surface area contributed by atoms with Gasteiger partial charge in [-0.3, -0.25) is 4.79 Å². The van der Waals surface area contributed by atoms with E-state index in [2.05, 4.69) is 16.0 Å². The number of aromatic nitrogens is 2. The first-order valence-corrected chi connectivity index (χ1v) is 12.9. The highest BCUT2D eigenvalue weighted by molar-refractivity contribution is 6.19. The lowest BCUT2D eigenvalue weighted by molar-refractivity contribution is -0.119. The Balaban J connectivity index is 1.56. The van der Waals surface area contributed by atoms with Gasteiger partial charge in [0.05, 0.1) is 5.57 Å². The van der Waals surface area contributed by atoms with Crippen LogP contribution in [0.2, 0.25) is 0 Å². The van der Waals surface area contributed by atoms with Crippen LogP contribution in [0.15, 0.2) is 120 Å². The average molecular weight is 533 g/mol. The predicted molar refractivity (Wildman–Crippen MR) is 155 cm³/mol. The van der Waals surface area contributed by atoms with Gasteiger partial charge in [0.2, 0.25) is 5.78 Å². The third-order valence-electron chi connectivity index (χ3n) is 7.59. The van der Waals surface area contributed by atoms with Crippen LogP contribution < -0.4 is 0 Å². The summed E-state index contributed by atoms with van der Waals surface area (Å²) in [6.07, 6.45) is 3.23. The van der Waals surface area contributed by atoms with Gasteiger partial charge in [0.1, 0.15) is 23.3 Å². The monoisotopic (exact) mass is 532 g/mol. The molecule has 0 amide bonds. The fourth-order valence-electron chi connectivity index (χ4n) is 5.71. The maximum absolute atomic E-state index is 14.1. The van der Waals surface area contributed by atoms with E-state index < -0.39 is 11.6 Å². The Morgan fingerprint density at radius 1 is 0.780 bits per heavy atom. The first-order chi connectivity index (χ1) is 20.0.